The second kappa shape index (κ2) is 3.89. The Kier molecular flexibility index (Phi) is 2.60. The van der Waals surface area contributed by atoms with Gasteiger partial charge in [0.05, 0.1) is 24.2 Å². The number of aryl methyl sites for hydroxylation is 1. The molecule has 0 aliphatic carbocycles. The van der Waals surface area contributed by atoms with E-state index in [0.29, 0.717) is 6.54 Å². The molecule has 2 rings (SSSR count). The van der Waals surface area contributed by atoms with Gasteiger partial charge < -0.3 is 5.11 Å². The molecule has 1 N–H and O–H groups in total. The van der Waals surface area contributed by atoms with Gasteiger partial charge in [-0.05, 0) is 23.9 Å². The number of nitrogens with zero attached hydrogens (tertiary/aromatic N) is 3. The smallest absolute Gasteiger partial charge is 0.123 e. The van der Waals surface area contributed by atoms with Crippen LogP contribution in [0.1, 0.15) is 5.56 Å². The topological polar surface area (TPSA) is 50.9 Å². The third kappa shape index (κ3) is 1.69. The first kappa shape index (κ1) is 9.36. The van der Waals surface area contributed by atoms with E-state index < -0.39 is 0 Å². The van der Waals surface area contributed by atoms with E-state index in [0.717, 1.165) is 10.6 Å². The second-order valence-corrected chi connectivity index (χ2v) is 3.94. The third-order valence-electron chi connectivity index (χ3n) is 1.96. The maximum atomic E-state index is 8.73. The van der Waals surface area contributed by atoms with Crippen LogP contribution in [0, 0.1) is 6.92 Å². The summed E-state index contributed by atoms with van der Waals surface area (Å²) in [6, 6.07) is 2.06. The monoisotopic (exact) mass is 209 g/mol. The summed E-state index contributed by atoms with van der Waals surface area (Å²) < 4.78 is 1.65. The van der Waals surface area contributed by atoms with Crippen LogP contribution >= 0.6 is 11.3 Å². The molecule has 2 aromatic heterocycles. The molecule has 14 heavy (non-hydrogen) atoms. The van der Waals surface area contributed by atoms with Crippen molar-refractivity contribution in [2.75, 3.05) is 6.61 Å². The lowest BCUT2D eigenvalue weighted by molar-refractivity contribution is 0.268. The van der Waals surface area contributed by atoms with E-state index in [-0.39, 0.29) is 6.61 Å². The quantitative estimate of drug-likeness (QED) is 0.829. The predicted octanol–water partition coefficient (Wildman–Crippen LogP) is 1.31. The Bertz CT molecular complexity index is 421. The fourth-order valence-corrected chi connectivity index (χ4v) is 2.13. The molecule has 0 saturated heterocycles. The molecule has 0 amide bonds. The minimum absolute atomic E-state index is 0.0895. The zero-order valence-corrected chi connectivity index (χ0v) is 8.66. The first-order valence-electron chi connectivity index (χ1n) is 4.36. The van der Waals surface area contributed by atoms with Crippen LogP contribution in [0.3, 0.4) is 0 Å². The van der Waals surface area contributed by atoms with Crippen molar-refractivity contribution in [3.05, 3.63) is 23.2 Å². The fraction of sp³-hybridized carbons (Fsp3) is 0.333. The molecular formula is C9H11N3OS. The molecular weight excluding hydrogens is 198 g/mol. The van der Waals surface area contributed by atoms with Crippen LogP contribution in [-0.2, 0) is 6.54 Å². The molecule has 5 heteroatoms. The minimum atomic E-state index is 0.0895. The van der Waals surface area contributed by atoms with Gasteiger partial charge in [-0.2, -0.15) is 0 Å². The Morgan fingerprint density at radius 2 is 2.43 bits per heavy atom. The normalized spacial score (nSPS) is 10.7. The SMILES string of the molecule is Cc1ccsc1-c1cn(CCO)nn1. The van der Waals surface area contributed by atoms with E-state index in [1.807, 2.05) is 11.6 Å². The van der Waals surface area contributed by atoms with Crippen LogP contribution in [0.4, 0.5) is 0 Å². The maximum Gasteiger partial charge on any atom is 0.123 e. The molecule has 0 bridgehead atoms. The number of thiophene rings is 1. The first-order chi connectivity index (χ1) is 6.81. The summed E-state index contributed by atoms with van der Waals surface area (Å²) in [5, 5.41) is 18.7. The molecule has 2 aromatic rings. The molecule has 4 nitrogen and oxygen atoms in total. The van der Waals surface area contributed by atoms with Crippen molar-refractivity contribution in [1.82, 2.24) is 15.0 Å². The lowest BCUT2D eigenvalue weighted by Gasteiger charge is -1.93. The van der Waals surface area contributed by atoms with E-state index in [4.69, 9.17) is 5.11 Å². The molecule has 0 aliphatic rings. The largest absolute Gasteiger partial charge is 0.394 e. The van der Waals surface area contributed by atoms with Gasteiger partial charge in [-0.15, -0.1) is 16.4 Å². The van der Waals surface area contributed by atoms with Crippen LogP contribution in [0.15, 0.2) is 17.6 Å². The highest BCUT2D eigenvalue weighted by molar-refractivity contribution is 7.13. The molecule has 0 aromatic carbocycles. The van der Waals surface area contributed by atoms with E-state index in [1.165, 1.54) is 5.56 Å². The summed E-state index contributed by atoms with van der Waals surface area (Å²) in [7, 11) is 0. The second-order valence-electron chi connectivity index (χ2n) is 3.02. The molecule has 0 radical (unpaired) electrons. The van der Waals surface area contributed by atoms with E-state index in [2.05, 4.69) is 23.3 Å². The van der Waals surface area contributed by atoms with Gasteiger partial charge in [0.1, 0.15) is 5.69 Å². The van der Waals surface area contributed by atoms with E-state index in [9.17, 15) is 0 Å². The number of aliphatic hydroxyl groups is 1. The van der Waals surface area contributed by atoms with Crippen LogP contribution in [0.2, 0.25) is 0 Å². The van der Waals surface area contributed by atoms with Crippen LogP contribution in [0.25, 0.3) is 10.6 Å². The van der Waals surface area contributed by atoms with E-state index >= 15 is 0 Å². The van der Waals surface area contributed by atoms with Crippen molar-refractivity contribution in [1.29, 1.82) is 0 Å². The number of aromatic nitrogens is 3. The summed E-state index contributed by atoms with van der Waals surface area (Å²) in [5.41, 5.74) is 2.09. The van der Waals surface area contributed by atoms with Crippen LogP contribution < -0.4 is 0 Å². The summed E-state index contributed by atoms with van der Waals surface area (Å²) in [6.07, 6.45) is 1.86. The van der Waals surface area contributed by atoms with Gasteiger partial charge in [0.15, 0.2) is 0 Å². The Hall–Kier alpha value is -1.20. The van der Waals surface area contributed by atoms with Crippen LogP contribution in [0.5, 0.6) is 0 Å². The minimum Gasteiger partial charge on any atom is -0.394 e. The summed E-state index contributed by atoms with van der Waals surface area (Å²) in [4.78, 5) is 1.15. The Morgan fingerprint density at radius 3 is 3.07 bits per heavy atom. The number of hydrogen-bond donors (Lipinski definition) is 1. The zero-order valence-electron chi connectivity index (χ0n) is 7.84. The number of rotatable bonds is 3. The molecule has 74 valence electrons. The maximum absolute atomic E-state index is 8.73. The van der Waals surface area contributed by atoms with Crippen molar-refractivity contribution >= 4 is 11.3 Å². The number of hydrogen-bond acceptors (Lipinski definition) is 4. The number of aliphatic hydroxyl groups excluding tert-OH is 1. The summed E-state index contributed by atoms with van der Waals surface area (Å²) in [6.45, 7) is 2.64. The Morgan fingerprint density at radius 1 is 1.57 bits per heavy atom. The predicted molar refractivity (Wildman–Crippen MR) is 55.2 cm³/mol. The molecule has 0 aliphatic heterocycles. The van der Waals surface area contributed by atoms with Crippen molar-refractivity contribution in [2.45, 2.75) is 13.5 Å². The van der Waals surface area contributed by atoms with Gasteiger partial charge in [-0.25, -0.2) is 4.68 Å². The van der Waals surface area contributed by atoms with Crippen molar-refractivity contribution in [2.24, 2.45) is 0 Å². The molecule has 0 spiro atoms. The van der Waals surface area contributed by atoms with Gasteiger partial charge in [-0.3, -0.25) is 0 Å². The molecule has 0 atom stereocenters. The highest BCUT2D eigenvalue weighted by Crippen LogP contribution is 2.26. The molecule has 0 unspecified atom stereocenters. The highest BCUT2D eigenvalue weighted by Gasteiger charge is 2.07. The van der Waals surface area contributed by atoms with Gasteiger partial charge >= 0.3 is 0 Å². The third-order valence-corrected chi connectivity index (χ3v) is 3.00. The first-order valence-corrected chi connectivity index (χ1v) is 5.24. The zero-order chi connectivity index (χ0) is 9.97. The van der Waals surface area contributed by atoms with Gasteiger partial charge in [0.25, 0.3) is 0 Å². The average molecular weight is 209 g/mol. The average Bonchev–Trinajstić information content (AvgIpc) is 2.74. The van der Waals surface area contributed by atoms with Crippen molar-refractivity contribution < 1.29 is 5.11 Å². The summed E-state index contributed by atoms with van der Waals surface area (Å²) in [5.74, 6) is 0. The van der Waals surface area contributed by atoms with Gasteiger partial charge in [0.2, 0.25) is 0 Å². The molecule has 0 saturated carbocycles. The van der Waals surface area contributed by atoms with Crippen molar-refractivity contribution in [3.63, 3.8) is 0 Å². The highest BCUT2D eigenvalue weighted by atomic mass is 32.1. The van der Waals surface area contributed by atoms with Gasteiger partial charge in [-0.1, -0.05) is 5.21 Å². The standard InChI is InChI=1S/C9H11N3OS/c1-7-2-5-14-9(7)8-6-12(3-4-13)11-10-8/h2,5-6,13H,3-4H2,1H3. The fourth-order valence-electron chi connectivity index (χ4n) is 1.25. The lowest BCUT2D eigenvalue weighted by Crippen LogP contribution is -2.01. The molecule has 2 heterocycles. The Balaban J connectivity index is 2.29. The molecule has 0 fully saturated rings. The lowest BCUT2D eigenvalue weighted by atomic mass is 10.2. The van der Waals surface area contributed by atoms with Gasteiger partial charge in [0, 0.05) is 0 Å². The Labute approximate surface area is 85.8 Å². The van der Waals surface area contributed by atoms with Crippen molar-refractivity contribution in [3.8, 4) is 10.6 Å². The van der Waals surface area contributed by atoms with Crippen LogP contribution in [-0.4, -0.2) is 26.7 Å². The summed E-state index contributed by atoms with van der Waals surface area (Å²) >= 11 is 1.66. The van der Waals surface area contributed by atoms with E-state index in [1.54, 1.807) is 16.0 Å².